The maximum Gasteiger partial charge on any atom is 0.325 e. The highest BCUT2D eigenvalue weighted by Crippen LogP contribution is 2.39. The van der Waals surface area contributed by atoms with Crippen molar-refractivity contribution in [2.75, 3.05) is 12.1 Å². The fourth-order valence-electron chi connectivity index (χ4n) is 4.61. The Bertz CT molecular complexity index is 1270. The zero-order valence-electron chi connectivity index (χ0n) is 18.5. The topological polar surface area (TPSA) is 81.3 Å². The summed E-state index contributed by atoms with van der Waals surface area (Å²) in [5, 5.41) is 5.90. The summed E-state index contributed by atoms with van der Waals surface area (Å²) in [6.07, 6.45) is 5.19. The first kappa shape index (κ1) is 21.6. The van der Waals surface area contributed by atoms with Gasteiger partial charge in [0.15, 0.2) is 0 Å². The highest BCUT2D eigenvalue weighted by molar-refractivity contribution is 5.79. The quantitative estimate of drug-likeness (QED) is 0.452. The van der Waals surface area contributed by atoms with Crippen molar-refractivity contribution in [3.05, 3.63) is 103 Å². The second-order valence-electron chi connectivity index (χ2n) is 8.30. The summed E-state index contributed by atoms with van der Waals surface area (Å²) >= 11 is 0. The van der Waals surface area contributed by atoms with Gasteiger partial charge in [-0.05, 0) is 42.9 Å². The van der Waals surface area contributed by atoms with E-state index in [9.17, 15) is 9.59 Å². The highest BCUT2D eigenvalue weighted by Gasteiger charge is 2.24. The number of hydrogen-bond acceptors (Lipinski definition) is 4. The normalized spacial score (nSPS) is 15.8. The van der Waals surface area contributed by atoms with Crippen molar-refractivity contribution < 1.29 is 0 Å². The molecule has 1 aliphatic rings. The molecule has 0 amide bonds. The van der Waals surface area contributed by atoms with Gasteiger partial charge in [-0.2, -0.15) is 5.10 Å². The first-order valence-electron chi connectivity index (χ1n) is 10.9. The molecule has 0 spiro atoms. The molecule has 1 aliphatic carbocycles. The molecule has 0 saturated heterocycles. The van der Waals surface area contributed by atoms with Crippen molar-refractivity contribution in [1.29, 1.82) is 0 Å². The van der Waals surface area contributed by atoms with Gasteiger partial charge in [0.25, 0.3) is 5.56 Å². The van der Waals surface area contributed by atoms with Crippen LogP contribution in [0.2, 0.25) is 0 Å². The van der Waals surface area contributed by atoms with Gasteiger partial charge in [0, 0.05) is 42.9 Å². The third-order valence-electron chi connectivity index (χ3n) is 6.24. The Labute approximate surface area is 187 Å². The fraction of sp³-hybridized carbons (Fsp3) is 0.269. The maximum absolute atomic E-state index is 12.7. The van der Waals surface area contributed by atoms with Crippen molar-refractivity contribution in [1.82, 2.24) is 9.97 Å². The number of nitrogens with zero attached hydrogens (tertiary/aromatic N) is 2. The lowest BCUT2D eigenvalue weighted by Crippen LogP contribution is -2.30. The number of para-hydroxylation sites is 1. The van der Waals surface area contributed by atoms with E-state index in [1.54, 1.807) is 0 Å². The third kappa shape index (κ3) is 4.35. The molecular weight excluding hydrogens is 400 g/mol. The molecule has 0 fully saturated rings. The lowest BCUT2D eigenvalue weighted by atomic mass is 9.82. The van der Waals surface area contributed by atoms with Crippen LogP contribution in [0.1, 0.15) is 53.1 Å². The average molecular weight is 429 g/mol. The van der Waals surface area contributed by atoms with Crippen LogP contribution < -0.4 is 16.3 Å². The monoisotopic (exact) mass is 428 g/mol. The molecule has 164 valence electrons. The SMILES string of the molecule is C=NN(C)c1c(C)cccc1C1=CCC(c2[nH]c(=O)[nH]c(=O)c2Cc2ccccc2)CC1. The van der Waals surface area contributed by atoms with E-state index in [2.05, 4.69) is 53.0 Å². The summed E-state index contributed by atoms with van der Waals surface area (Å²) in [7, 11) is 1.90. The van der Waals surface area contributed by atoms with Gasteiger partial charge >= 0.3 is 5.69 Å². The van der Waals surface area contributed by atoms with Crippen LogP contribution in [-0.2, 0) is 6.42 Å². The molecule has 0 radical (unpaired) electrons. The lowest BCUT2D eigenvalue weighted by Gasteiger charge is -2.26. The average Bonchev–Trinajstić information content (AvgIpc) is 2.81. The molecule has 1 aromatic heterocycles. The van der Waals surface area contributed by atoms with Crippen LogP contribution in [0.4, 0.5) is 5.69 Å². The van der Waals surface area contributed by atoms with E-state index in [1.165, 1.54) is 5.57 Å². The Balaban J connectivity index is 1.67. The van der Waals surface area contributed by atoms with E-state index in [0.29, 0.717) is 12.0 Å². The summed E-state index contributed by atoms with van der Waals surface area (Å²) in [4.78, 5) is 30.1. The number of H-pyrrole nitrogens is 2. The molecule has 0 bridgehead atoms. The Morgan fingerprint density at radius 2 is 1.88 bits per heavy atom. The molecule has 2 aromatic carbocycles. The number of allylic oxidation sites excluding steroid dienone is 2. The van der Waals surface area contributed by atoms with Crippen molar-refractivity contribution in [3.8, 4) is 0 Å². The molecule has 3 aromatic rings. The minimum absolute atomic E-state index is 0.0935. The van der Waals surface area contributed by atoms with E-state index in [1.807, 2.05) is 42.4 Å². The van der Waals surface area contributed by atoms with Gasteiger partial charge in [0.05, 0.1) is 5.69 Å². The van der Waals surface area contributed by atoms with Crippen molar-refractivity contribution in [2.24, 2.45) is 5.10 Å². The first-order valence-corrected chi connectivity index (χ1v) is 10.9. The predicted molar refractivity (Wildman–Crippen MR) is 131 cm³/mol. The molecule has 2 N–H and O–H groups in total. The minimum Gasteiger partial charge on any atom is -0.311 e. The van der Waals surface area contributed by atoms with Crippen LogP contribution >= 0.6 is 0 Å². The van der Waals surface area contributed by atoms with Gasteiger partial charge < -0.3 is 4.98 Å². The van der Waals surface area contributed by atoms with Crippen molar-refractivity contribution in [3.63, 3.8) is 0 Å². The third-order valence-corrected chi connectivity index (χ3v) is 6.24. The van der Waals surface area contributed by atoms with Crippen LogP contribution in [0, 0.1) is 6.92 Å². The van der Waals surface area contributed by atoms with Gasteiger partial charge in [-0.25, -0.2) is 4.79 Å². The molecular formula is C26H28N4O2. The number of nitrogens with one attached hydrogen (secondary N) is 2. The number of aromatic nitrogens is 2. The van der Waals surface area contributed by atoms with E-state index in [4.69, 9.17) is 0 Å². The molecule has 0 aliphatic heterocycles. The smallest absolute Gasteiger partial charge is 0.311 e. The molecule has 4 rings (SSSR count). The number of hydrogen-bond donors (Lipinski definition) is 2. The summed E-state index contributed by atoms with van der Waals surface area (Å²) in [5.41, 5.74) is 6.30. The number of anilines is 1. The Morgan fingerprint density at radius 1 is 1.09 bits per heavy atom. The predicted octanol–water partition coefficient (Wildman–Crippen LogP) is 4.37. The fourth-order valence-corrected chi connectivity index (χ4v) is 4.61. The largest absolute Gasteiger partial charge is 0.325 e. The molecule has 6 heteroatoms. The van der Waals surface area contributed by atoms with E-state index in [0.717, 1.165) is 47.3 Å². The molecule has 6 nitrogen and oxygen atoms in total. The van der Waals surface area contributed by atoms with Crippen LogP contribution in [0.5, 0.6) is 0 Å². The zero-order chi connectivity index (χ0) is 22.7. The van der Waals surface area contributed by atoms with Crippen LogP contribution in [0.15, 0.2) is 69.3 Å². The molecule has 1 unspecified atom stereocenters. The summed E-state index contributed by atoms with van der Waals surface area (Å²) in [5.74, 6) is 0.0935. The Kier molecular flexibility index (Phi) is 6.21. The van der Waals surface area contributed by atoms with Gasteiger partial charge in [0.2, 0.25) is 0 Å². The summed E-state index contributed by atoms with van der Waals surface area (Å²) < 4.78 is 0. The van der Waals surface area contributed by atoms with E-state index < -0.39 is 5.69 Å². The molecule has 0 saturated carbocycles. The van der Waals surface area contributed by atoms with Gasteiger partial charge in [0.1, 0.15) is 0 Å². The minimum atomic E-state index is -0.448. The van der Waals surface area contributed by atoms with Gasteiger partial charge in [-0.1, -0.05) is 54.6 Å². The molecule has 32 heavy (non-hydrogen) atoms. The first-order chi connectivity index (χ1) is 15.5. The standard InChI is InChI=1S/C26H28N4O2/c1-17-8-7-11-21(24(17)30(3)27-2)19-12-14-20(15-13-19)23-22(25(31)29-26(32)28-23)16-18-9-5-4-6-10-18/h4-12,20H,2,13-16H2,1,3H3,(H2,28,29,31,32). The van der Waals surface area contributed by atoms with E-state index >= 15 is 0 Å². The van der Waals surface area contributed by atoms with Gasteiger partial charge in [-0.15, -0.1) is 0 Å². The number of hydrazone groups is 1. The molecule has 1 atom stereocenters. The maximum atomic E-state index is 12.7. The van der Waals surface area contributed by atoms with Crippen molar-refractivity contribution in [2.45, 2.75) is 38.5 Å². The van der Waals surface area contributed by atoms with Crippen LogP contribution in [0.3, 0.4) is 0 Å². The summed E-state index contributed by atoms with van der Waals surface area (Å²) in [6, 6.07) is 16.1. The number of aromatic amines is 2. The van der Waals surface area contributed by atoms with Gasteiger partial charge in [-0.3, -0.25) is 14.8 Å². The second-order valence-corrected chi connectivity index (χ2v) is 8.30. The Hall–Kier alpha value is -3.67. The van der Waals surface area contributed by atoms with Crippen LogP contribution in [-0.4, -0.2) is 23.7 Å². The van der Waals surface area contributed by atoms with Crippen molar-refractivity contribution >= 4 is 18.0 Å². The number of aryl methyl sites for hydroxylation is 1. The Morgan fingerprint density at radius 3 is 2.56 bits per heavy atom. The lowest BCUT2D eigenvalue weighted by molar-refractivity contribution is 0.596. The number of benzene rings is 2. The van der Waals surface area contributed by atoms with Crippen LogP contribution in [0.25, 0.3) is 5.57 Å². The number of rotatable bonds is 6. The molecule has 1 heterocycles. The summed E-state index contributed by atoms with van der Waals surface area (Å²) in [6.45, 7) is 5.74. The second kappa shape index (κ2) is 9.22. The van der Waals surface area contributed by atoms with E-state index in [-0.39, 0.29) is 11.5 Å². The zero-order valence-corrected chi connectivity index (χ0v) is 18.5. The highest BCUT2D eigenvalue weighted by atomic mass is 16.2.